The Bertz CT molecular complexity index is 803. The summed E-state index contributed by atoms with van der Waals surface area (Å²) in [4.78, 5) is 24.8. The third kappa shape index (κ3) is 4.07. The van der Waals surface area contributed by atoms with Crippen molar-refractivity contribution in [3.63, 3.8) is 0 Å². The molecular weight excluding hydrogens is 334 g/mol. The number of ether oxygens (including phenoxy) is 1. The van der Waals surface area contributed by atoms with Crippen molar-refractivity contribution < 1.29 is 19.4 Å². The second-order valence-electron chi connectivity index (χ2n) is 6.36. The number of hydrogen-bond acceptors (Lipinski definition) is 4. The largest absolute Gasteiger partial charge is 0.370 e. The number of non-ortho nitro benzene ring substituents is 1. The Morgan fingerprint density at radius 3 is 2.62 bits per heavy atom. The molecule has 3 rings (SSSR count). The van der Waals surface area contributed by atoms with Crippen LogP contribution in [0, 0.1) is 17.0 Å². The van der Waals surface area contributed by atoms with E-state index in [1.165, 1.54) is 12.1 Å². The minimum Gasteiger partial charge on any atom is -0.370 e. The molecule has 26 heavy (non-hydrogen) atoms. The first-order chi connectivity index (χ1) is 12.6. The second-order valence-corrected chi connectivity index (χ2v) is 6.36. The van der Waals surface area contributed by atoms with E-state index in [0.29, 0.717) is 31.9 Å². The lowest BCUT2D eigenvalue weighted by Crippen LogP contribution is -3.15. The number of amides is 1. The minimum absolute atomic E-state index is 0.0103. The lowest BCUT2D eigenvalue weighted by atomic mass is 10.0. The predicted octanol–water partition coefficient (Wildman–Crippen LogP) is 1.50. The van der Waals surface area contributed by atoms with Crippen molar-refractivity contribution in [2.24, 2.45) is 0 Å². The summed E-state index contributed by atoms with van der Waals surface area (Å²) in [5, 5.41) is 14.1. The Morgan fingerprint density at radius 1 is 1.19 bits per heavy atom. The van der Waals surface area contributed by atoms with Crippen molar-refractivity contribution in [2.75, 3.05) is 31.6 Å². The average molecular weight is 356 g/mol. The van der Waals surface area contributed by atoms with Crippen LogP contribution in [0.4, 0.5) is 11.4 Å². The molecule has 1 saturated heterocycles. The van der Waals surface area contributed by atoms with E-state index < -0.39 is 11.0 Å². The lowest BCUT2D eigenvalue weighted by Gasteiger charge is -2.31. The number of nitro groups is 1. The zero-order valence-electron chi connectivity index (χ0n) is 14.6. The molecule has 7 nitrogen and oxygen atoms in total. The number of para-hydroxylation sites is 1. The first-order valence-electron chi connectivity index (χ1n) is 8.59. The van der Waals surface area contributed by atoms with Crippen LogP contribution < -0.4 is 10.2 Å². The molecule has 136 valence electrons. The molecule has 1 heterocycles. The van der Waals surface area contributed by atoms with Crippen molar-refractivity contribution in [1.29, 1.82) is 0 Å². The summed E-state index contributed by atoms with van der Waals surface area (Å²) in [6.45, 7) is 4.42. The molecule has 0 bridgehead atoms. The van der Waals surface area contributed by atoms with Crippen LogP contribution in [0.5, 0.6) is 0 Å². The summed E-state index contributed by atoms with van der Waals surface area (Å²) in [5.74, 6) is -0.170. The third-order valence-electron chi connectivity index (χ3n) is 4.62. The number of benzene rings is 2. The highest BCUT2D eigenvalue weighted by molar-refractivity contribution is 5.95. The third-order valence-corrected chi connectivity index (χ3v) is 4.62. The van der Waals surface area contributed by atoms with Crippen LogP contribution in [-0.2, 0) is 9.53 Å². The van der Waals surface area contributed by atoms with Crippen molar-refractivity contribution in [1.82, 2.24) is 0 Å². The highest BCUT2D eigenvalue weighted by Crippen LogP contribution is 2.21. The van der Waals surface area contributed by atoms with Gasteiger partial charge >= 0.3 is 0 Å². The Labute approximate surface area is 151 Å². The summed E-state index contributed by atoms with van der Waals surface area (Å²) < 4.78 is 5.40. The molecule has 1 fully saturated rings. The molecule has 2 N–H and O–H groups in total. The number of hydrogen-bond donors (Lipinski definition) is 2. The van der Waals surface area contributed by atoms with Crippen molar-refractivity contribution in [3.8, 4) is 0 Å². The molecule has 0 aromatic heterocycles. The number of rotatable bonds is 5. The number of carbonyl (C=O) groups is 1. The molecule has 1 aliphatic heterocycles. The topological polar surface area (TPSA) is 85.9 Å². The van der Waals surface area contributed by atoms with Crippen LogP contribution in [0.1, 0.15) is 17.2 Å². The van der Waals surface area contributed by atoms with Gasteiger partial charge in [-0.3, -0.25) is 14.9 Å². The van der Waals surface area contributed by atoms with Crippen LogP contribution in [0.15, 0.2) is 48.5 Å². The molecule has 7 heteroatoms. The van der Waals surface area contributed by atoms with Gasteiger partial charge in [-0.1, -0.05) is 30.3 Å². The van der Waals surface area contributed by atoms with Crippen molar-refractivity contribution in [2.45, 2.75) is 13.0 Å². The highest BCUT2D eigenvalue weighted by atomic mass is 16.6. The number of nitrogens with zero attached hydrogens (tertiary/aromatic N) is 1. The van der Waals surface area contributed by atoms with Crippen LogP contribution in [0.25, 0.3) is 0 Å². The summed E-state index contributed by atoms with van der Waals surface area (Å²) in [6, 6.07) is 13.4. The van der Waals surface area contributed by atoms with E-state index in [1.54, 1.807) is 12.1 Å². The van der Waals surface area contributed by atoms with Crippen molar-refractivity contribution >= 4 is 17.3 Å². The van der Waals surface area contributed by atoms with E-state index in [2.05, 4.69) is 5.32 Å². The number of nitro benzene ring substituents is 1. The highest BCUT2D eigenvalue weighted by Gasteiger charge is 2.34. The molecule has 0 radical (unpaired) electrons. The Hall–Kier alpha value is -2.77. The van der Waals surface area contributed by atoms with Gasteiger partial charge in [0.25, 0.3) is 11.6 Å². The zero-order chi connectivity index (χ0) is 18.5. The normalized spacial score (nSPS) is 16.0. The van der Waals surface area contributed by atoms with Gasteiger partial charge in [0, 0.05) is 23.4 Å². The van der Waals surface area contributed by atoms with Gasteiger partial charge in [0.15, 0.2) is 6.04 Å². The van der Waals surface area contributed by atoms with Crippen LogP contribution in [-0.4, -0.2) is 37.1 Å². The van der Waals surface area contributed by atoms with Crippen molar-refractivity contribution in [3.05, 3.63) is 69.8 Å². The Kier molecular flexibility index (Phi) is 5.60. The first kappa shape index (κ1) is 18.0. The molecule has 2 aromatic rings. The van der Waals surface area contributed by atoms with E-state index >= 15 is 0 Å². The summed E-state index contributed by atoms with van der Waals surface area (Å²) in [6.07, 6.45) is 0. The molecule has 0 spiro atoms. The SMILES string of the molecule is Cc1ccccc1NC(=O)[C@@H](c1cccc([N+](=O)[O-])c1)[NH+]1CCOCC1. The molecule has 2 aromatic carbocycles. The first-order valence-corrected chi connectivity index (χ1v) is 8.59. The van der Waals surface area contributed by atoms with Gasteiger partial charge in [-0.25, -0.2) is 0 Å². The fourth-order valence-corrected chi connectivity index (χ4v) is 3.23. The second kappa shape index (κ2) is 8.07. The maximum Gasteiger partial charge on any atom is 0.287 e. The van der Waals surface area contributed by atoms with Crippen LogP contribution in [0.3, 0.4) is 0 Å². The molecule has 1 aliphatic rings. The maximum absolute atomic E-state index is 13.1. The maximum atomic E-state index is 13.1. The van der Waals surface area contributed by atoms with Gasteiger partial charge in [0.1, 0.15) is 13.1 Å². The van der Waals surface area contributed by atoms with Gasteiger partial charge < -0.3 is 15.0 Å². The van der Waals surface area contributed by atoms with E-state index in [1.807, 2.05) is 31.2 Å². The van der Waals surface area contributed by atoms with Gasteiger partial charge in [0.05, 0.1) is 18.1 Å². The van der Waals surface area contributed by atoms with Gasteiger partial charge in [-0.05, 0) is 18.6 Å². The number of morpholine rings is 1. The smallest absolute Gasteiger partial charge is 0.287 e. The van der Waals surface area contributed by atoms with E-state index in [9.17, 15) is 14.9 Å². The van der Waals surface area contributed by atoms with Crippen LogP contribution >= 0.6 is 0 Å². The molecular formula is C19H22N3O4+. The quantitative estimate of drug-likeness (QED) is 0.628. The Balaban J connectivity index is 1.92. The summed E-state index contributed by atoms with van der Waals surface area (Å²) >= 11 is 0. The number of nitrogens with one attached hydrogen (secondary N) is 2. The summed E-state index contributed by atoms with van der Waals surface area (Å²) in [7, 11) is 0. The lowest BCUT2D eigenvalue weighted by molar-refractivity contribution is -0.929. The Morgan fingerprint density at radius 2 is 1.92 bits per heavy atom. The van der Waals surface area contributed by atoms with Gasteiger partial charge in [0.2, 0.25) is 0 Å². The molecule has 0 aliphatic carbocycles. The van der Waals surface area contributed by atoms with E-state index in [-0.39, 0.29) is 11.6 Å². The molecule has 1 atom stereocenters. The molecule has 1 amide bonds. The number of quaternary nitrogens is 1. The monoisotopic (exact) mass is 356 g/mol. The minimum atomic E-state index is -0.529. The van der Waals surface area contributed by atoms with Crippen LogP contribution in [0.2, 0.25) is 0 Å². The standard InChI is InChI=1S/C19H21N3O4/c1-14-5-2-3-8-17(14)20-19(23)18(21-9-11-26-12-10-21)15-6-4-7-16(13-15)22(24)25/h2-8,13,18H,9-12H2,1H3,(H,20,23)/p+1/t18-/m1/s1. The number of aryl methyl sites for hydroxylation is 1. The summed E-state index contributed by atoms with van der Waals surface area (Å²) in [5.41, 5.74) is 2.35. The fraction of sp³-hybridized carbons (Fsp3) is 0.316. The van der Waals surface area contributed by atoms with E-state index in [4.69, 9.17) is 4.74 Å². The average Bonchev–Trinajstić information content (AvgIpc) is 2.65. The number of anilines is 1. The number of carbonyl (C=O) groups excluding carboxylic acids is 1. The molecule has 0 saturated carbocycles. The molecule has 0 unspecified atom stereocenters. The van der Waals surface area contributed by atoms with E-state index in [0.717, 1.165) is 16.2 Å². The fourth-order valence-electron chi connectivity index (χ4n) is 3.23. The van der Waals surface area contributed by atoms with Gasteiger partial charge in [-0.15, -0.1) is 0 Å². The van der Waals surface area contributed by atoms with Gasteiger partial charge in [-0.2, -0.15) is 0 Å². The predicted molar refractivity (Wildman–Crippen MR) is 97.2 cm³/mol. The zero-order valence-corrected chi connectivity index (χ0v) is 14.6.